The maximum absolute atomic E-state index is 10.4. The summed E-state index contributed by atoms with van der Waals surface area (Å²) < 4.78 is 5.02. The van der Waals surface area contributed by atoms with E-state index in [2.05, 4.69) is 5.32 Å². The Balaban J connectivity index is 2.52. The number of nitrogens with one attached hydrogen (secondary N) is 1. The molecular formula is C13H19NO4. The third kappa shape index (κ3) is 5.16. The summed E-state index contributed by atoms with van der Waals surface area (Å²) in [5, 5.41) is 21.1. The largest absolute Gasteiger partial charge is 0.481 e. The molecule has 1 atom stereocenters. The van der Waals surface area contributed by atoms with Crippen LogP contribution in [0.1, 0.15) is 12.0 Å². The molecule has 0 spiro atoms. The van der Waals surface area contributed by atoms with Crippen LogP contribution in [0.25, 0.3) is 0 Å². The molecule has 0 heterocycles. The number of benzene rings is 1. The molecule has 5 nitrogen and oxygen atoms in total. The normalized spacial score (nSPS) is 12.1. The first-order valence-electron chi connectivity index (χ1n) is 5.84. The van der Waals surface area contributed by atoms with Crippen molar-refractivity contribution in [3.05, 3.63) is 29.8 Å². The van der Waals surface area contributed by atoms with Gasteiger partial charge in [0.25, 0.3) is 0 Å². The van der Waals surface area contributed by atoms with E-state index in [1.807, 2.05) is 24.3 Å². The van der Waals surface area contributed by atoms with Gasteiger partial charge in [0, 0.05) is 19.3 Å². The van der Waals surface area contributed by atoms with Gasteiger partial charge in [0.05, 0.1) is 19.1 Å². The van der Waals surface area contributed by atoms with Gasteiger partial charge < -0.3 is 20.3 Å². The molecule has 0 fully saturated rings. The Kier molecular flexibility index (Phi) is 6.18. The lowest BCUT2D eigenvalue weighted by Crippen LogP contribution is -2.23. The highest BCUT2D eigenvalue weighted by atomic mass is 16.5. The summed E-state index contributed by atoms with van der Waals surface area (Å²) >= 11 is 0. The van der Waals surface area contributed by atoms with E-state index < -0.39 is 12.1 Å². The first kappa shape index (κ1) is 14.5. The smallest absolute Gasteiger partial charge is 0.306 e. The lowest BCUT2D eigenvalue weighted by molar-refractivity contribution is -0.138. The molecule has 18 heavy (non-hydrogen) atoms. The van der Waals surface area contributed by atoms with Crippen LogP contribution in [-0.4, -0.2) is 42.5 Å². The van der Waals surface area contributed by atoms with Crippen LogP contribution in [-0.2, 0) is 16.0 Å². The molecule has 0 aliphatic rings. The van der Waals surface area contributed by atoms with Crippen molar-refractivity contribution in [2.45, 2.75) is 18.9 Å². The quantitative estimate of drug-likeness (QED) is 0.647. The number of aliphatic hydroxyl groups excluding tert-OH is 1. The zero-order valence-electron chi connectivity index (χ0n) is 10.4. The van der Waals surface area contributed by atoms with E-state index in [1.54, 1.807) is 7.11 Å². The molecule has 0 aromatic heterocycles. The molecule has 3 N–H and O–H groups in total. The predicted molar refractivity (Wildman–Crippen MR) is 68.8 cm³/mol. The fraction of sp³-hybridized carbons (Fsp3) is 0.462. The van der Waals surface area contributed by atoms with Gasteiger partial charge in [0.15, 0.2) is 0 Å². The third-order valence-corrected chi connectivity index (χ3v) is 2.53. The Bertz CT molecular complexity index is 381. The summed E-state index contributed by atoms with van der Waals surface area (Å²) in [5.41, 5.74) is 1.99. The van der Waals surface area contributed by atoms with Crippen molar-refractivity contribution in [1.82, 2.24) is 0 Å². The minimum absolute atomic E-state index is 0.219. The second-order valence-corrected chi connectivity index (χ2v) is 4.03. The van der Waals surface area contributed by atoms with Gasteiger partial charge >= 0.3 is 5.97 Å². The Morgan fingerprint density at radius 2 is 2.17 bits per heavy atom. The minimum Gasteiger partial charge on any atom is -0.481 e. The van der Waals surface area contributed by atoms with Crippen LogP contribution in [0.5, 0.6) is 0 Å². The molecule has 0 radical (unpaired) electrons. The number of carboxylic acids is 1. The molecule has 0 aliphatic carbocycles. The Labute approximate surface area is 106 Å². The summed E-state index contributed by atoms with van der Waals surface area (Å²) in [4.78, 5) is 10.4. The van der Waals surface area contributed by atoms with E-state index in [0.29, 0.717) is 6.61 Å². The lowest BCUT2D eigenvalue weighted by Gasteiger charge is -2.14. The molecule has 0 saturated carbocycles. The maximum Gasteiger partial charge on any atom is 0.306 e. The SMILES string of the molecule is COCCc1ccccc1NCC(O)CC(=O)O. The average Bonchev–Trinajstić information content (AvgIpc) is 2.34. The van der Waals surface area contributed by atoms with Crippen molar-refractivity contribution in [1.29, 1.82) is 0 Å². The van der Waals surface area contributed by atoms with Gasteiger partial charge in [-0.3, -0.25) is 4.79 Å². The number of carboxylic acid groups (broad SMARTS) is 1. The van der Waals surface area contributed by atoms with Gasteiger partial charge in [0.1, 0.15) is 0 Å². The molecule has 100 valence electrons. The van der Waals surface area contributed by atoms with Crippen molar-refractivity contribution in [2.24, 2.45) is 0 Å². The van der Waals surface area contributed by atoms with E-state index in [-0.39, 0.29) is 13.0 Å². The van der Waals surface area contributed by atoms with Gasteiger partial charge in [-0.05, 0) is 18.1 Å². The summed E-state index contributed by atoms with van der Waals surface area (Å²) in [6.45, 7) is 0.840. The van der Waals surface area contributed by atoms with Crippen molar-refractivity contribution in [3.8, 4) is 0 Å². The molecule has 1 aromatic rings. The Hall–Kier alpha value is -1.59. The molecule has 0 bridgehead atoms. The van der Waals surface area contributed by atoms with Gasteiger partial charge in [0.2, 0.25) is 0 Å². The van der Waals surface area contributed by atoms with E-state index >= 15 is 0 Å². The van der Waals surface area contributed by atoms with Crippen LogP contribution in [0.3, 0.4) is 0 Å². The van der Waals surface area contributed by atoms with Crippen LogP contribution in [0.15, 0.2) is 24.3 Å². The fourth-order valence-corrected chi connectivity index (χ4v) is 1.62. The molecule has 1 rings (SSSR count). The van der Waals surface area contributed by atoms with Crippen molar-refractivity contribution in [2.75, 3.05) is 25.6 Å². The minimum atomic E-state index is -1.00. The van der Waals surface area contributed by atoms with Gasteiger partial charge in [-0.15, -0.1) is 0 Å². The standard InChI is InChI=1S/C13H19NO4/c1-18-7-6-10-4-2-3-5-12(10)14-9-11(15)8-13(16)17/h2-5,11,14-15H,6-9H2,1H3,(H,16,17). The number of aliphatic hydroxyl groups is 1. The molecule has 0 saturated heterocycles. The summed E-state index contributed by atoms with van der Waals surface area (Å²) in [6.07, 6.45) is -0.375. The number of anilines is 1. The highest BCUT2D eigenvalue weighted by molar-refractivity contribution is 5.67. The number of methoxy groups -OCH3 is 1. The van der Waals surface area contributed by atoms with Crippen molar-refractivity contribution in [3.63, 3.8) is 0 Å². The topological polar surface area (TPSA) is 78.8 Å². The van der Waals surface area contributed by atoms with Crippen LogP contribution in [0.2, 0.25) is 0 Å². The molecule has 1 unspecified atom stereocenters. The van der Waals surface area contributed by atoms with Crippen LogP contribution < -0.4 is 5.32 Å². The van der Waals surface area contributed by atoms with Crippen LogP contribution in [0.4, 0.5) is 5.69 Å². The van der Waals surface area contributed by atoms with Crippen LogP contribution >= 0.6 is 0 Å². The van der Waals surface area contributed by atoms with Crippen molar-refractivity contribution >= 4 is 11.7 Å². The Morgan fingerprint density at radius 1 is 1.44 bits per heavy atom. The molecule has 5 heteroatoms. The number of hydrogen-bond acceptors (Lipinski definition) is 4. The summed E-state index contributed by atoms with van der Waals surface area (Å²) in [6, 6.07) is 7.70. The number of ether oxygens (including phenoxy) is 1. The maximum atomic E-state index is 10.4. The van der Waals surface area contributed by atoms with Crippen LogP contribution in [0, 0.1) is 0 Å². The highest BCUT2D eigenvalue weighted by Crippen LogP contribution is 2.15. The zero-order valence-corrected chi connectivity index (χ0v) is 10.4. The summed E-state index contributed by atoms with van der Waals surface area (Å²) in [5.74, 6) is -1.00. The fourth-order valence-electron chi connectivity index (χ4n) is 1.62. The Morgan fingerprint density at radius 3 is 2.83 bits per heavy atom. The van der Waals surface area contributed by atoms with E-state index in [0.717, 1.165) is 17.7 Å². The first-order chi connectivity index (χ1) is 8.63. The summed E-state index contributed by atoms with van der Waals surface area (Å²) in [7, 11) is 1.65. The van der Waals surface area contributed by atoms with Crippen molar-refractivity contribution < 1.29 is 19.7 Å². The second-order valence-electron chi connectivity index (χ2n) is 4.03. The van der Waals surface area contributed by atoms with Gasteiger partial charge in [-0.1, -0.05) is 18.2 Å². The van der Waals surface area contributed by atoms with Gasteiger partial charge in [-0.25, -0.2) is 0 Å². The van der Waals surface area contributed by atoms with E-state index in [4.69, 9.17) is 9.84 Å². The number of carbonyl (C=O) groups is 1. The van der Waals surface area contributed by atoms with Gasteiger partial charge in [-0.2, -0.15) is 0 Å². The highest BCUT2D eigenvalue weighted by Gasteiger charge is 2.09. The first-order valence-corrected chi connectivity index (χ1v) is 5.84. The molecule has 0 aliphatic heterocycles. The van der Waals surface area contributed by atoms with E-state index in [1.165, 1.54) is 0 Å². The van der Waals surface area contributed by atoms with E-state index in [9.17, 15) is 9.90 Å². The lowest BCUT2D eigenvalue weighted by atomic mass is 10.1. The second kappa shape index (κ2) is 7.68. The molecular weight excluding hydrogens is 234 g/mol. The number of rotatable bonds is 8. The molecule has 1 aromatic carbocycles. The zero-order chi connectivity index (χ0) is 13.4. The monoisotopic (exact) mass is 253 g/mol. The third-order valence-electron chi connectivity index (χ3n) is 2.53. The number of aliphatic carboxylic acids is 1. The average molecular weight is 253 g/mol. The number of hydrogen-bond donors (Lipinski definition) is 3. The predicted octanol–water partition coefficient (Wildman–Crippen LogP) is 1.12. The number of para-hydroxylation sites is 1. The molecule has 0 amide bonds.